The molecule has 0 aliphatic rings. The Morgan fingerprint density at radius 2 is 2.17 bits per heavy atom. The predicted molar refractivity (Wildman–Crippen MR) is 70.7 cm³/mol. The van der Waals surface area contributed by atoms with Crippen LogP contribution in [0.25, 0.3) is 0 Å². The molecule has 1 heterocycles. The molecule has 0 spiro atoms. The van der Waals surface area contributed by atoms with Gasteiger partial charge in [-0.15, -0.1) is 0 Å². The van der Waals surface area contributed by atoms with Gasteiger partial charge in [-0.05, 0) is 34.1 Å². The van der Waals surface area contributed by atoms with Gasteiger partial charge in [0.05, 0.1) is 23.1 Å². The van der Waals surface area contributed by atoms with Crippen molar-refractivity contribution in [3.8, 4) is 0 Å². The SMILES string of the molecule is Nc1c(F)cccc1C(=O)Nc1cncc(Br)c1. The molecule has 0 aliphatic heterocycles. The number of pyridine rings is 1. The molecule has 0 saturated heterocycles. The first-order valence-corrected chi connectivity index (χ1v) is 5.83. The maximum Gasteiger partial charge on any atom is 0.257 e. The number of nitrogens with one attached hydrogen (secondary N) is 1. The molecule has 0 atom stereocenters. The van der Waals surface area contributed by atoms with Gasteiger partial charge in [0.2, 0.25) is 0 Å². The van der Waals surface area contributed by atoms with E-state index in [0.29, 0.717) is 5.69 Å². The topological polar surface area (TPSA) is 68.0 Å². The van der Waals surface area contributed by atoms with Crippen LogP contribution in [0.2, 0.25) is 0 Å². The lowest BCUT2D eigenvalue weighted by Gasteiger charge is -2.07. The standard InChI is InChI=1S/C12H9BrFN3O/c13-7-4-8(6-16-5-7)17-12(18)9-2-1-3-10(14)11(9)15/h1-6H,15H2,(H,17,18). The molecular formula is C12H9BrFN3O. The summed E-state index contributed by atoms with van der Waals surface area (Å²) in [4.78, 5) is 15.8. The number of halogens is 2. The van der Waals surface area contributed by atoms with Gasteiger partial charge < -0.3 is 11.1 Å². The van der Waals surface area contributed by atoms with Gasteiger partial charge in [-0.1, -0.05) is 6.07 Å². The lowest BCUT2D eigenvalue weighted by molar-refractivity contribution is 0.102. The molecule has 1 aromatic heterocycles. The number of hydrogen-bond donors (Lipinski definition) is 2. The minimum atomic E-state index is -0.616. The number of amides is 1. The minimum absolute atomic E-state index is 0.0926. The van der Waals surface area contributed by atoms with Crippen LogP contribution in [0, 0.1) is 5.82 Å². The molecule has 1 amide bonds. The van der Waals surface area contributed by atoms with E-state index in [4.69, 9.17) is 5.73 Å². The molecule has 2 aromatic rings. The Morgan fingerprint density at radius 3 is 2.89 bits per heavy atom. The Labute approximate surface area is 111 Å². The van der Waals surface area contributed by atoms with Crippen molar-refractivity contribution < 1.29 is 9.18 Å². The molecule has 0 fully saturated rings. The number of anilines is 2. The molecule has 0 radical (unpaired) electrons. The maximum atomic E-state index is 13.2. The van der Waals surface area contributed by atoms with Crippen molar-refractivity contribution in [2.75, 3.05) is 11.1 Å². The fraction of sp³-hybridized carbons (Fsp3) is 0. The summed E-state index contributed by atoms with van der Waals surface area (Å²) >= 11 is 3.24. The predicted octanol–water partition coefficient (Wildman–Crippen LogP) is 2.82. The molecule has 3 N–H and O–H groups in total. The van der Waals surface area contributed by atoms with Crippen LogP contribution in [0.5, 0.6) is 0 Å². The van der Waals surface area contributed by atoms with E-state index in [0.717, 1.165) is 4.47 Å². The molecule has 0 saturated carbocycles. The van der Waals surface area contributed by atoms with Crippen LogP contribution in [0.1, 0.15) is 10.4 Å². The number of hydrogen-bond acceptors (Lipinski definition) is 3. The smallest absolute Gasteiger partial charge is 0.257 e. The van der Waals surface area contributed by atoms with Crippen molar-refractivity contribution in [2.45, 2.75) is 0 Å². The van der Waals surface area contributed by atoms with Crippen molar-refractivity contribution >= 4 is 33.2 Å². The third-order valence-electron chi connectivity index (χ3n) is 2.26. The van der Waals surface area contributed by atoms with Gasteiger partial charge in [-0.25, -0.2) is 4.39 Å². The third kappa shape index (κ3) is 2.65. The van der Waals surface area contributed by atoms with Crippen LogP contribution in [0.3, 0.4) is 0 Å². The zero-order valence-corrected chi connectivity index (χ0v) is 10.7. The molecule has 0 unspecified atom stereocenters. The Morgan fingerprint density at radius 1 is 1.39 bits per heavy atom. The maximum absolute atomic E-state index is 13.2. The van der Waals surface area contributed by atoms with E-state index in [1.807, 2.05) is 0 Å². The Balaban J connectivity index is 2.25. The lowest BCUT2D eigenvalue weighted by atomic mass is 10.1. The van der Waals surface area contributed by atoms with Crippen LogP contribution in [-0.4, -0.2) is 10.9 Å². The monoisotopic (exact) mass is 309 g/mol. The van der Waals surface area contributed by atoms with Crippen molar-refractivity contribution in [1.82, 2.24) is 4.98 Å². The summed E-state index contributed by atoms with van der Waals surface area (Å²) < 4.78 is 13.9. The fourth-order valence-corrected chi connectivity index (χ4v) is 1.78. The second-order valence-electron chi connectivity index (χ2n) is 3.55. The van der Waals surface area contributed by atoms with E-state index in [1.54, 1.807) is 12.3 Å². The average Bonchev–Trinajstić information content (AvgIpc) is 2.32. The highest BCUT2D eigenvalue weighted by atomic mass is 79.9. The highest BCUT2D eigenvalue weighted by Gasteiger charge is 2.12. The van der Waals surface area contributed by atoms with Crippen molar-refractivity contribution in [1.29, 1.82) is 0 Å². The van der Waals surface area contributed by atoms with Crippen LogP contribution in [-0.2, 0) is 0 Å². The second-order valence-corrected chi connectivity index (χ2v) is 4.46. The summed E-state index contributed by atoms with van der Waals surface area (Å²) in [6.45, 7) is 0. The van der Waals surface area contributed by atoms with Gasteiger partial charge in [-0.3, -0.25) is 9.78 Å². The molecule has 0 bridgehead atoms. The molecule has 6 heteroatoms. The van der Waals surface area contributed by atoms with Crippen LogP contribution in [0.15, 0.2) is 41.1 Å². The Bertz CT molecular complexity index is 604. The summed E-state index contributed by atoms with van der Waals surface area (Å²) in [5.41, 5.74) is 5.93. The number of carbonyl (C=O) groups excluding carboxylic acids is 1. The van der Waals surface area contributed by atoms with Gasteiger partial charge in [0, 0.05) is 10.7 Å². The zero-order valence-electron chi connectivity index (χ0n) is 9.15. The van der Waals surface area contributed by atoms with Crippen molar-refractivity contribution in [3.05, 3.63) is 52.5 Å². The van der Waals surface area contributed by atoms with E-state index >= 15 is 0 Å². The Kier molecular flexibility index (Phi) is 3.57. The zero-order chi connectivity index (χ0) is 13.1. The van der Waals surface area contributed by atoms with E-state index in [9.17, 15) is 9.18 Å². The first kappa shape index (κ1) is 12.5. The van der Waals surface area contributed by atoms with Gasteiger partial charge in [0.1, 0.15) is 5.82 Å². The van der Waals surface area contributed by atoms with E-state index < -0.39 is 11.7 Å². The van der Waals surface area contributed by atoms with E-state index in [2.05, 4.69) is 26.2 Å². The van der Waals surface area contributed by atoms with Gasteiger partial charge in [0.15, 0.2) is 0 Å². The first-order chi connectivity index (χ1) is 8.58. The summed E-state index contributed by atoms with van der Waals surface area (Å²) in [6, 6.07) is 5.77. The summed E-state index contributed by atoms with van der Waals surface area (Å²) in [7, 11) is 0. The Hall–Kier alpha value is -1.95. The van der Waals surface area contributed by atoms with Crippen LogP contribution >= 0.6 is 15.9 Å². The van der Waals surface area contributed by atoms with Gasteiger partial charge in [0.25, 0.3) is 5.91 Å². The number of para-hydroxylation sites is 1. The highest BCUT2D eigenvalue weighted by molar-refractivity contribution is 9.10. The summed E-state index contributed by atoms with van der Waals surface area (Å²) in [6.07, 6.45) is 3.07. The average molecular weight is 310 g/mol. The second kappa shape index (κ2) is 5.14. The van der Waals surface area contributed by atoms with Crippen LogP contribution in [0.4, 0.5) is 15.8 Å². The molecule has 1 aromatic carbocycles. The number of benzene rings is 1. The number of carbonyl (C=O) groups is 1. The number of rotatable bonds is 2. The molecular weight excluding hydrogens is 301 g/mol. The molecule has 18 heavy (non-hydrogen) atoms. The van der Waals surface area contributed by atoms with Gasteiger partial charge >= 0.3 is 0 Å². The van der Waals surface area contributed by atoms with Crippen molar-refractivity contribution in [3.63, 3.8) is 0 Å². The number of aromatic nitrogens is 1. The minimum Gasteiger partial charge on any atom is -0.396 e. The largest absolute Gasteiger partial charge is 0.396 e. The molecule has 2 rings (SSSR count). The normalized spacial score (nSPS) is 10.1. The molecule has 92 valence electrons. The van der Waals surface area contributed by atoms with E-state index in [-0.39, 0.29) is 11.3 Å². The molecule has 0 aliphatic carbocycles. The summed E-state index contributed by atoms with van der Waals surface area (Å²) in [5, 5.41) is 2.59. The fourth-order valence-electron chi connectivity index (χ4n) is 1.41. The first-order valence-electron chi connectivity index (χ1n) is 5.04. The number of nitrogen functional groups attached to an aromatic ring is 1. The van der Waals surface area contributed by atoms with E-state index in [1.165, 1.54) is 24.4 Å². The third-order valence-corrected chi connectivity index (χ3v) is 2.69. The molecule has 4 nitrogen and oxygen atoms in total. The number of nitrogens with zero attached hydrogens (tertiary/aromatic N) is 1. The van der Waals surface area contributed by atoms with Crippen molar-refractivity contribution in [2.24, 2.45) is 0 Å². The van der Waals surface area contributed by atoms with Crippen LogP contribution < -0.4 is 11.1 Å². The number of nitrogens with two attached hydrogens (primary N) is 1. The summed E-state index contributed by atoms with van der Waals surface area (Å²) in [5.74, 6) is -1.10. The quantitative estimate of drug-likeness (QED) is 0.838. The highest BCUT2D eigenvalue weighted by Crippen LogP contribution is 2.19. The van der Waals surface area contributed by atoms with Gasteiger partial charge in [-0.2, -0.15) is 0 Å². The lowest BCUT2D eigenvalue weighted by Crippen LogP contribution is -2.14.